The molecule has 4 unspecified atom stereocenters. The van der Waals surface area contributed by atoms with Crippen LogP contribution in [0.1, 0.15) is 39.3 Å². The monoisotopic (exact) mass is 438 g/mol. The minimum Gasteiger partial charge on any atom is -0.461 e. The van der Waals surface area contributed by atoms with Gasteiger partial charge in [-0.25, -0.2) is 0 Å². The van der Waals surface area contributed by atoms with Gasteiger partial charge in [0.1, 0.15) is 18.2 Å². The van der Waals surface area contributed by atoms with Crippen LogP contribution in [0.25, 0.3) is 16.5 Å². The van der Waals surface area contributed by atoms with E-state index >= 15 is 0 Å². The smallest absolute Gasteiger partial charge is 0.326 e. The lowest BCUT2D eigenvalue weighted by molar-refractivity contribution is -0.173. The van der Waals surface area contributed by atoms with Crippen molar-refractivity contribution in [2.24, 2.45) is 7.05 Å². The van der Waals surface area contributed by atoms with Crippen LogP contribution in [0, 0.1) is 0 Å². The highest BCUT2D eigenvalue weighted by Gasteiger charge is 2.50. The van der Waals surface area contributed by atoms with Gasteiger partial charge in [-0.1, -0.05) is 35.9 Å². The molecule has 1 aromatic carbocycles. The summed E-state index contributed by atoms with van der Waals surface area (Å²) < 4.78 is 13.5. The van der Waals surface area contributed by atoms with Crippen molar-refractivity contribution in [2.75, 3.05) is 20.3 Å². The predicted octanol–water partition coefficient (Wildman–Crippen LogP) is 3.68. The topological polar surface area (TPSA) is 63.9 Å². The first-order valence-corrected chi connectivity index (χ1v) is 11.3. The number of allylic oxidation sites excluding steroid dienone is 2. The summed E-state index contributed by atoms with van der Waals surface area (Å²) >= 11 is 0. The number of rotatable bonds is 7. The van der Waals surface area contributed by atoms with Crippen molar-refractivity contribution >= 4 is 22.4 Å². The number of carbonyl (C=O) groups excluding carboxylic acids is 1. The highest BCUT2D eigenvalue weighted by atomic mass is 16.6. The number of hydrogen-bond acceptors (Lipinski definition) is 5. The third-order valence-corrected chi connectivity index (χ3v) is 7.15. The molecule has 0 saturated carbocycles. The number of likely N-dealkylation sites (tertiary alicyclic amines) is 1. The Kier molecular flexibility index (Phi) is 6.30. The highest BCUT2D eigenvalue weighted by molar-refractivity contribution is 5.88. The summed E-state index contributed by atoms with van der Waals surface area (Å²) in [4.78, 5) is 14.4. The first kappa shape index (κ1) is 22.8. The van der Waals surface area contributed by atoms with E-state index in [1.807, 2.05) is 24.9 Å². The molecule has 1 saturated heterocycles. The number of esters is 1. The SMILES string of the molecule is CC1=C(c2cc3ccccc3n2C)C=CC(OCC(O)COC(=O)C2(C)CC(C)N2C)C1. The molecular weight excluding hydrogens is 404 g/mol. The second kappa shape index (κ2) is 8.85. The van der Waals surface area contributed by atoms with Crippen LogP contribution in [0.15, 0.2) is 48.1 Å². The summed E-state index contributed by atoms with van der Waals surface area (Å²) in [5.41, 5.74) is 4.27. The van der Waals surface area contributed by atoms with Gasteiger partial charge in [0.25, 0.3) is 0 Å². The van der Waals surface area contributed by atoms with Crippen LogP contribution in [0.5, 0.6) is 0 Å². The van der Waals surface area contributed by atoms with Crippen molar-refractivity contribution in [3.63, 3.8) is 0 Å². The number of carbonyl (C=O) groups is 1. The molecule has 2 aliphatic rings. The van der Waals surface area contributed by atoms with E-state index in [0.717, 1.165) is 12.8 Å². The molecule has 0 spiro atoms. The molecule has 172 valence electrons. The van der Waals surface area contributed by atoms with Gasteiger partial charge in [-0.3, -0.25) is 9.69 Å². The number of benzene rings is 1. The number of hydrogen-bond donors (Lipinski definition) is 1. The van der Waals surface area contributed by atoms with Gasteiger partial charge < -0.3 is 19.1 Å². The molecule has 1 fully saturated rings. The Morgan fingerprint density at radius 2 is 2.03 bits per heavy atom. The van der Waals surface area contributed by atoms with Crippen LogP contribution in [0.2, 0.25) is 0 Å². The fourth-order valence-electron chi connectivity index (χ4n) is 4.86. The summed E-state index contributed by atoms with van der Waals surface area (Å²) in [5, 5.41) is 11.5. The van der Waals surface area contributed by atoms with Crippen molar-refractivity contribution in [1.82, 2.24) is 9.47 Å². The van der Waals surface area contributed by atoms with E-state index in [1.165, 1.54) is 27.7 Å². The van der Waals surface area contributed by atoms with E-state index in [-0.39, 0.29) is 25.3 Å². The Balaban J connectivity index is 1.29. The van der Waals surface area contributed by atoms with E-state index < -0.39 is 11.6 Å². The average Bonchev–Trinajstić information content (AvgIpc) is 3.12. The lowest BCUT2D eigenvalue weighted by Gasteiger charge is -2.51. The summed E-state index contributed by atoms with van der Waals surface area (Å²) in [7, 11) is 4.01. The van der Waals surface area contributed by atoms with Crippen LogP contribution in [-0.2, 0) is 21.3 Å². The number of para-hydroxylation sites is 1. The molecule has 1 aliphatic heterocycles. The van der Waals surface area contributed by atoms with Gasteiger partial charge >= 0.3 is 5.97 Å². The number of nitrogens with zero attached hydrogens (tertiary/aromatic N) is 2. The Bertz CT molecular complexity index is 1070. The van der Waals surface area contributed by atoms with Gasteiger partial charge in [-0.15, -0.1) is 0 Å². The van der Waals surface area contributed by atoms with Crippen molar-refractivity contribution in [2.45, 2.75) is 57.4 Å². The normalized spacial score (nSPS) is 26.9. The van der Waals surface area contributed by atoms with Gasteiger partial charge in [0.15, 0.2) is 0 Å². The molecule has 6 heteroatoms. The zero-order valence-electron chi connectivity index (χ0n) is 19.7. The minimum atomic E-state index is -0.845. The number of ether oxygens (including phenoxy) is 2. The Labute approximate surface area is 190 Å². The summed E-state index contributed by atoms with van der Waals surface area (Å²) in [6.07, 6.45) is 4.74. The number of fused-ring (bicyclic) bond motifs is 1. The minimum absolute atomic E-state index is 0.0525. The van der Waals surface area contributed by atoms with Gasteiger partial charge in [-0.05, 0) is 58.4 Å². The van der Waals surface area contributed by atoms with E-state index in [4.69, 9.17) is 9.47 Å². The van der Waals surface area contributed by atoms with Crippen molar-refractivity contribution in [3.8, 4) is 0 Å². The van der Waals surface area contributed by atoms with Crippen LogP contribution in [0.3, 0.4) is 0 Å². The number of likely N-dealkylation sites (N-methyl/N-ethyl adjacent to an activating group) is 1. The maximum Gasteiger partial charge on any atom is 0.326 e. The number of aromatic nitrogens is 1. The third kappa shape index (κ3) is 4.15. The molecule has 1 aliphatic carbocycles. The van der Waals surface area contributed by atoms with Crippen molar-refractivity contribution in [1.29, 1.82) is 0 Å². The Morgan fingerprint density at radius 3 is 2.69 bits per heavy atom. The summed E-state index contributed by atoms with van der Waals surface area (Å²) in [6, 6.07) is 11.0. The zero-order valence-corrected chi connectivity index (χ0v) is 19.7. The molecule has 0 radical (unpaired) electrons. The lowest BCUT2D eigenvalue weighted by atomic mass is 9.81. The van der Waals surface area contributed by atoms with Gasteiger partial charge in [0.2, 0.25) is 0 Å². The zero-order chi connectivity index (χ0) is 23.0. The van der Waals surface area contributed by atoms with E-state index in [0.29, 0.717) is 6.04 Å². The van der Waals surface area contributed by atoms with Gasteiger partial charge in [0.05, 0.1) is 12.7 Å². The first-order chi connectivity index (χ1) is 15.2. The molecule has 0 bridgehead atoms. The molecule has 4 rings (SSSR count). The Hall–Kier alpha value is -2.41. The highest BCUT2D eigenvalue weighted by Crippen LogP contribution is 2.35. The molecule has 2 heterocycles. The molecule has 6 nitrogen and oxygen atoms in total. The van der Waals surface area contributed by atoms with E-state index in [1.54, 1.807) is 0 Å². The van der Waals surface area contributed by atoms with Crippen LogP contribution in [0.4, 0.5) is 0 Å². The van der Waals surface area contributed by atoms with Crippen LogP contribution >= 0.6 is 0 Å². The Morgan fingerprint density at radius 1 is 1.28 bits per heavy atom. The fourth-order valence-corrected chi connectivity index (χ4v) is 4.86. The molecule has 1 N–H and O–H groups in total. The third-order valence-electron chi connectivity index (χ3n) is 7.15. The second-order valence-electron chi connectivity index (χ2n) is 9.47. The summed E-state index contributed by atoms with van der Waals surface area (Å²) in [5.74, 6) is -0.284. The van der Waals surface area contributed by atoms with E-state index in [2.05, 4.69) is 61.9 Å². The molecule has 4 atom stereocenters. The van der Waals surface area contributed by atoms with Crippen molar-refractivity contribution < 1.29 is 19.4 Å². The average molecular weight is 439 g/mol. The van der Waals surface area contributed by atoms with Crippen LogP contribution < -0.4 is 0 Å². The van der Waals surface area contributed by atoms with Crippen molar-refractivity contribution in [3.05, 3.63) is 53.8 Å². The lowest BCUT2D eigenvalue weighted by Crippen LogP contribution is -2.66. The molecule has 1 aromatic heterocycles. The van der Waals surface area contributed by atoms with Gasteiger partial charge in [-0.2, -0.15) is 0 Å². The maximum absolute atomic E-state index is 12.4. The standard InChI is InChI=1S/C26H34N2O4/c1-17-12-21(10-11-22(17)24-13-19-8-6-7-9-23(19)27(24)4)31-15-20(29)16-32-25(30)26(3)14-18(2)28(26)5/h6-11,13,18,20-21,29H,12,14-16H2,1-5H3. The van der Waals surface area contributed by atoms with E-state index in [9.17, 15) is 9.90 Å². The predicted molar refractivity (Wildman–Crippen MR) is 126 cm³/mol. The number of aliphatic hydroxyl groups is 1. The quantitative estimate of drug-likeness (QED) is 0.668. The molecule has 0 amide bonds. The molecule has 32 heavy (non-hydrogen) atoms. The second-order valence-corrected chi connectivity index (χ2v) is 9.47. The summed E-state index contributed by atoms with van der Waals surface area (Å²) in [6.45, 7) is 6.16. The number of aliphatic hydroxyl groups excluding tert-OH is 1. The fraction of sp³-hybridized carbons (Fsp3) is 0.500. The van der Waals surface area contributed by atoms with Crippen LogP contribution in [-0.4, -0.2) is 64.6 Å². The number of aryl methyl sites for hydroxylation is 1. The molecular formula is C26H34N2O4. The first-order valence-electron chi connectivity index (χ1n) is 11.3. The molecule has 2 aromatic rings. The maximum atomic E-state index is 12.4. The largest absolute Gasteiger partial charge is 0.461 e. The van der Waals surface area contributed by atoms with Gasteiger partial charge in [0, 0.05) is 29.7 Å².